The monoisotopic (exact) mass is 683 g/mol. The van der Waals surface area contributed by atoms with E-state index in [2.05, 4.69) is 5.32 Å². The van der Waals surface area contributed by atoms with E-state index in [-0.39, 0.29) is 43.3 Å². The van der Waals surface area contributed by atoms with Gasteiger partial charge in [0.05, 0.1) is 24.9 Å². The third-order valence-corrected chi connectivity index (χ3v) is 8.71. The van der Waals surface area contributed by atoms with E-state index in [1.165, 1.54) is 0 Å². The number of hydroxylamine groups is 1. The zero-order valence-electron chi connectivity index (χ0n) is 28.1. The van der Waals surface area contributed by atoms with Gasteiger partial charge in [-0.1, -0.05) is 72.8 Å². The number of hydrogen-bond donors (Lipinski definition) is 6. The number of aliphatic hydroxyl groups is 2. The number of benzene rings is 4. The van der Waals surface area contributed by atoms with Gasteiger partial charge in [-0.3, -0.25) is 14.8 Å². The maximum absolute atomic E-state index is 12.3. The molecule has 264 valence electrons. The summed E-state index contributed by atoms with van der Waals surface area (Å²) in [5, 5.41) is 41.8. The number of amides is 2. The molecule has 1 fully saturated rings. The second-order valence-electron chi connectivity index (χ2n) is 12.7. The molecule has 0 aliphatic carbocycles. The Bertz CT molecular complexity index is 1720. The van der Waals surface area contributed by atoms with Gasteiger partial charge in [-0.25, -0.2) is 5.48 Å². The van der Waals surface area contributed by atoms with Crippen LogP contribution in [0.4, 0.5) is 0 Å². The standard InChI is InChI=1S/C39H45N3O8/c1-42(24-35(45)31-9-4-11-33(44)20-31)23-34-21-36(28-16-14-26(25-43)15-17-28)50-39(49-34)32-10-3-8-30(19-32)29-7-2-6-27(18-29)22-40-37(46)12-5-13-38(47)41-48/h2-4,6-11,14-20,34-36,39,43-45,48H,5,12-13,21-25H2,1H3,(H,40,46)(H,41,47). The number of nitrogens with one attached hydrogen (secondary N) is 2. The minimum atomic E-state index is -0.787. The number of ether oxygens (including phenoxy) is 2. The quantitative estimate of drug-likeness (QED) is 0.0744. The van der Waals surface area contributed by atoms with Crippen molar-refractivity contribution in [2.75, 3.05) is 20.1 Å². The molecule has 5 rings (SSSR count). The van der Waals surface area contributed by atoms with Gasteiger partial charge in [0, 0.05) is 44.5 Å². The van der Waals surface area contributed by atoms with E-state index in [0.717, 1.165) is 33.4 Å². The van der Waals surface area contributed by atoms with Gasteiger partial charge in [0.25, 0.3) is 0 Å². The van der Waals surface area contributed by atoms with Crippen molar-refractivity contribution < 1.29 is 39.6 Å². The highest BCUT2D eigenvalue weighted by Crippen LogP contribution is 2.39. The molecule has 1 saturated heterocycles. The highest BCUT2D eigenvalue weighted by molar-refractivity contribution is 5.78. The van der Waals surface area contributed by atoms with Gasteiger partial charge < -0.3 is 35.0 Å². The van der Waals surface area contributed by atoms with Crippen molar-refractivity contribution in [2.24, 2.45) is 0 Å². The van der Waals surface area contributed by atoms with Gasteiger partial charge in [0.1, 0.15) is 5.75 Å². The average molecular weight is 684 g/mol. The number of phenolic OH excluding ortho intramolecular Hbond substituents is 1. The average Bonchev–Trinajstić information content (AvgIpc) is 3.14. The van der Waals surface area contributed by atoms with Crippen LogP contribution in [0.2, 0.25) is 0 Å². The molecule has 50 heavy (non-hydrogen) atoms. The molecule has 4 atom stereocenters. The van der Waals surface area contributed by atoms with Crippen LogP contribution in [-0.2, 0) is 32.2 Å². The predicted molar refractivity (Wildman–Crippen MR) is 186 cm³/mol. The molecule has 6 N–H and O–H groups in total. The Kier molecular flexibility index (Phi) is 13.1. The Morgan fingerprint density at radius 2 is 1.58 bits per heavy atom. The number of aliphatic hydroxyl groups excluding tert-OH is 2. The third-order valence-electron chi connectivity index (χ3n) is 8.71. The van der Waals surface area contributed by atoms with Crippen molar-refractivity contribution in [1.82, 2.24) is 15.7 Å². The van der Waals surface area contributed by atoms with Crippen molar-refractivity contribution in [3.8, 4) is 16.9 Å². The number of rotatable bonds is 15. The molecule has 0 aromatic heterocycles. The summed E-state index contributed by atoms with van der Waals surface area (Å²) in [5.41, 5.74) is 7.68. The summed E-state index contributed by atoms with van der Waals surface area (Å²) in [5.74, 6) is -0.591. The van der Waals surface area contributed by atoms with Crippen LogP contribution in [0.15, 0.2) is 97.1 Å². The number of hydrogen-bond acceptors (Lipinski definition) is 9. The van der Waals surface area contributed by atoms with Gasteiger partial charge in [0.15, 0.2) is 6.29 Å². The van der Waals surface area contributed by atoms with Crippen LogP contribution in [0.1, 0.15) is 72.0 Å². The zero-order chi connectivity index (χ0) is 35.5. The fourth-order valence-electron chi connectivity index (χ4n) is 6.07. The van der Waals surface area contributed by atoms with Gasteiger partial charge in [-0.2, -0.15) is 0 Å². The van der Waals surface area contributed by atoms with E-state index in [9.17, 15) is 24.9 Å². The van der Waals surface area contributed by atoms with Crippen LogP contribution in [0.25, 0.3) is 11.1 Å². The highest BCUT2D eigenvalue weighted by atomic mass is 16.7. The minimum absolute atomic E-state index is 0.0433. The minimum Gasteiger partial charge on any atom is -0.508 e. The molecular formula is C39H45N3O8. The van der Waals surface area contributed by atoms with Crippen LogP contribution >= 0.6 is 0 Å². The van der Waals surface area contributed by atoms with Crippen LogP contribution in [-0.4, -0.2) is 63.5 Å². The number of likely N-dealkylation sites (N-methyl/N-ethyl adjacent to an activating group) is 1. The fraction of sp³-hybridized carbons (Fsp3) is 0.333. The Hall–Kier alpha value is -4.62. The topological polar surface area (TPSA) is 161 Å². The molecule has 11 heteroatoms. The Labute approximate surface area is 292 Å². The SMILES string of the molecule is CN(CC1CC(c2ccc(CO)cc2)OC(c2cccc(-c3cccc(CNC(=O)CCCC(=O)NO)c3)c2)O1)CC(O)c1cccc(O)c1. The maximum atomic E-state index is 12.3. The Morgan fingerprint density at radius 1 is 0.860 bits per heavy atom. The number of phenols is 1. The lowest BCUT2D eigenvalue weighted by molar-refractivity contribution is -0.252. The summed E-state index contributed by atoms with van der Waals surface area (Å²) < 4.78 is 13.1. The summed E-state index contributed by atoms with van der Waals surface area (Å²) >= 11 is 0. The fourth-order valence-corrected chi connectivity index (χ4v) is 6.07. The lowest BCUT2D eigenvalue weighted by Gasteiger charge is -2.38. The summed E-state index contributed by atoms with van der Waals surface area (Å²) in [6, 6.07) is 30.2. The first kappa shape index (κ1) is 36.7. The molecule has 0 bridgehead atoms. The van der Waals surface area contributed by atoms with Crippen molar-refractivity contribution in [3.05, 3.63) is 125 Å². The van der Waals surface area contributed by atoms with E-state index in [0.29, 0.717) is 38.0 Å². The molecule has 1 aliphatic rings. The van der Waals surface area contributed by atoms with Crippen LogP contribution in [0.3, 0.4) is 0 Å². The number of carbonyl (C=O) groups is 2. The Morgan fingerprint density at radius 3 is 2.32 bits per heavy atom. The summed E-state index contributed by atoms with van der Waals surface area (Å²) in [6.45, 7) is 1.17. The van der Waals surface area contributed by atoms with E-state index in [1.54, 1.807) is 29.7 Å². The number of nitrogens with zero attached hydrogens (tertiary/aromatic N) is 1. The van der Waals surface area contributed by atoms with Gasteiger partial charge >= 0.3 is 0 Å². The first-order valence-electron chi connectivity index (χ1n) is 16.8. The van der Waals surface area contributed by atoms with E-state index in [1.807, 2.05) is 84.7 Å². The van der Waals surface area contributed by atoms with Crippen molar-refractivity contribution >= 4 is 11.8 Å². The van der Waals surface area contributed by atoms with E-state index >= 15 is 0 Å². The molecule has 4 aromatic carbocycles. The lowest BCUT2D eigenvalue weighted by Crippen LogP contribution is -2.39. The van der Waals surface area contributed by atoms with Crippen molar-refractivity contribution in [3.63, 3.8) is 0 Å². The predicted octanol–water partition coefficient (Wildman–Crippen LogP) is 5.05. The van der Waals surface area contributed by atoms with Crippen LogP contribution in [0.5, 0.6) is 5.75 Å². The molecular weight excluding hydrogens is 638 g/mol. The smallest absolute Gasteiger partial charge is 0.243 e. The molecule has 2 amide bonds. The summed E-state index contributed by atoms with van der Waals surface area (Å²) in [6.07, 6.45) is -0.787. The lowest BCUT2D eigenvalue weighted by atomic mass is 9.98. The Balaban J connectivity index is 1.29. The van der Waals surface area contributed by atoms with Crippen LogP contribution < -0.4 is 10.8 Å². The molecule has 1 heterocycles. The van der Waals surface area contributed by atoms with Crippen LogP contribution in [0, 0.1) is 0 Å². The van der Waals surface area contributed by atoms with E-state index in [4.69, 9.17) is 14.7 Å². The summed E-state index contributed by atoms with van der Waals surface area (Å²) in [4.78, 5) is 25.5. The molecule has 0 spiro atoms. The highest BCUT2D eigenvalue weighted by Gasteiger charge is 2.33. The number of aromatic hydroxyl groups is 1. The molecule has 0 saturated carbocycles. The van der Waals surface area contributed by atoms with E-state index < -0.39 is 18.3 Å². The first-order valence-corrected chi connectivity index (χ1v) is 16.8. The first-order chi connectivity index (χ1) is 24.2. The second kappa shape index (κ2) is 17.9. The molecule has 1 aliphatic heterocycles. The third kappa shape index (κ3) is 10.4. The van der Waals surface area contributed by atoms with Gasteiger partial charge in [-0.05, 0) is 71.1 Å². The molecule has 4 unspecified atom stereocenters. The molecule has 0 radical (unpaired) electrons. The molecule has 4 aromatic rings. The van der Waals surface area contributed by atoms with Gasteiger partial charge in [0.2, 0.25) is 11.8 Å². The second-order valence-corrected chi connectivity index (χ2v) is 12.7. The normalized spacial score (nSPS) is 18.1. The largest absolute Gasteiger partial charge is 0.508 e. The number of carbonyl (C=O) groups excluding carboxylic acids is 2. The molecule has 11 nitrogen and oxygen atoms in total. The zero-order valence-corrected chi connectivity index (χ0v) is 28.1. The van der Waals surface area contributed by atoms with Crippen molar-refractivity contribution in [1.29, 1.82) is 0 Å². The van der Waals surface area contributed by atoms with Crippen molar-refractivity contribution in [2.45, 2.75) is 63.4 Å². The summed E-state index contributed by atoms with van der Waals surface area (Å²) in [7, 11) is 1.93. The maximum Gasteiger partial charge on any atom is 0.243 e. The van der Waals surface area contributed by atoms with Gasteiger partial charge in [-0.15, -0.1) is 0 Å².